The first kappa shape index (κ1) is 26.6. The summed E-state index contributed by atoms with van der Waals surface area (Å²) in [6, 6.07) is 17.9. The first-order valence-corrected chi connectivity index (χ1v) is 12.1. The van der Waals surface area contributed by atoms with E-state index in [4.69, 9.17) is 20.9 Å². The Morgan fingerprint density at radius 2 is 1.42 bits per heavy atom. The van der Waals surface area contributed by atoms with Crippen molar-refractivity contribution >= 4 is 28.8 Å². The van der Waals surface area contributed by atoms with Crippen LogP contribution in [0.15, 0.2) is 60.7 Å². The van der Waals surface area contributed by atoms with Crippen molar-refractivity contribution in [3.63, 3.8) is 0 Å². The van der Waals surface area contributed by atoms with E-state index in [0.717, 1.165) is 36.9 Å². The zero-order valence-electron chi connectivity index (χ0n) is 21.3. The van der Waals surface area contributed by atoms with Gasteiger partial charge in [0.1, 0.15) is 5.75 Å². The highest BCUT2D eigenvalue weighted by atomic mass is 16.5. The fraction of sp³-hybridized carbons (Fsp3) is 0.310. The van der Waals surface area contributed by atoms with Gasteiger partial charge in [-0.05, 0) is 87.2 Å². The lowest BCUT2D eigenvalue weighted by atomic mass is 10.0. The van der Waals surface area contributed by atoms with E-state index in [1.54, 1.807) is 18.2 Å². The molecule has 3 rings (SSSR count). The van der Waals surface area contributed by atoms with Gasteiger partial charge in [-0.1, -0.05) is 11.6 Å². The largest absolute Gasteiger partial charge is 0.493 e. The summed E-state index contributed by atoms with van der Waals surface area (Å²) in [4.78, 5) is 27.3. The van der Waals surface area contributed by atoms with E-state index in [1.807, 2.05) is 68.4 Å². The van der Waals surface area contributed by atoms with Crippen LogP contribution in [-0.4, -0.2) is 39.1 Å². The zero-order valence-corrected chi connectivity index (χ0v) is 21.3. The molecule has 0 fully saturated rings. The van der Waals surface area contributed by atoms with Crippen LogP contribution < -0.4 is 21.1 Å². The number of nitrogens with two attached hydrogens (primary N) is 2. The molecule has 0 radical (unpaired) electrons. The maximum atomic E-state index is 13.2. The first-order chi connectivity index (χ1) is 17.2. The second-order valence-electron chi connectivity index (χ2n) is 9.06. The van der Waals surface area contributed by atoms with Crippen LogP contribution in [0.25, 0.3) is 0 Å². The number of anilines is 3. The summed E-state index contributed by atoms with van der Waals surface area (Å²) in [6.07, 6.45) is 3.40. The monoisotopic (exact) mass is 489 g/mol. The first-order valence-electron chi connectivity index (χ1n) is 12.1. The van der Waals surface area contributed by atoms with Crippen LogP contribution in [0.3, 0.4) is 0 Å². The number of esters is 1. The maximum absolute atomic E-state index is 13.2. The SMILES string of the molecule is Cc1ccc(OCCCCCCOC(=O)c2cc(N)cc(N)c2)c(C(=O)c2ccc(N(C)C)cc2)c1. The van der Waals surface area contributed by atoms with Gasteiger partial charge in [-0.3, -0.25) is 4.79 Å². The Kier molecular flexibility index (Phi) is 9.33. The Morgan fingerprint density at radius 1 is 0.778 bits per heavy atom. The summed E-state index contributed by atoms with van der Waals surface area (Å²) < 4.78 is 11.3. The van der Waals surface area contributed by atoms with E-state index in [0.29, 0.717) is 47.0 Å². The summed E-state index contributed by atoms with van der Waals surface area (Å²) in [5, 5.41) is 0. The average Bonchev–Trinajstić information content (AvgIpc) is 2.85. The lowest BCUT2D eigenvalue weighted by Crippen LogP contribution is -2.10. The molecule has 0 amide bonds. The number of nitrogen functional groups attached to an aromatic ring is 2. The van der Waals surface area contributed by atoms with E-state index in [2.05, 4.69) is 0 Å². The zero-order chi connectivity index (χ0) is 26.1. The van der Waals surface area contributed by atoms with Crippen molar-refractivity contribution in [3.05, 3.63) is 82.9 Å². The van der Waals surface area contributed by atoms with Gasteiger partial charge >= 0.3 is 5.97 Å². The molecule has 7 nitrogen and oxygen atoms in total. The minimum atomic E-state index is -0.426. The van der Waals surface area contributed by atoms with Crippen LogP contribution >= 0.6 is 0 Å². The molecular formula is C29H35N3O4. The molecule has 36 heavy (non-hydrogen) atoms. The fourth-order valence-electron chi connectivity index (χ4n) is 3.80. The third-order valence-corrected chi connectivity index (χ3v) is 5.77. The lowest BCUT2D eigenvalue weighted by Gasteiger charge is -2.14. The molecule has 0 bridgehead atoms. The highest BCUT2D eigenvalue weighted by Gasteiger charge is 2.15. The summed E-state index contributed by atoms with van der Waals surface area (Å²) in [5.74, 6) is 0.116. The molecule has 4 N–H and O–H groups in total. The molecule has 0 aliphatic carbocycles. The van der Waals surface area contributed by atoms with Crippen LogP contribution in [0.2, 0.25) is 0 Å². The maximum Gasteiger partial charge on any atom is 0.338 e. The molecule has 0 saturated carbocycles. The quantitative estimate of drug-likeness (QED) is 0.155. The smallest absolute Gasteiger partial charge is 0.338 e. The number of carbonyl (C=O) groups excluding carboxylic acids is 2. The minimum absolute atomic E-state index is 0.0530. The van der Waals surface area contributed by atoms with Crippen molar-refractivity contribution in [3.8, 4) is 5.75 Å². The van der Waals surface area contributed by atoms with Crippen LogP contribution in [-0.2, 0) is 4.74 Å². The number of benzene rings is 3. The van der Waals surface area contributed by atoms with Crippen LogP contribution in [0.5, 0.6) is 5.75 Å². The number of ketones is 1. The van der Waals surface area contributed by atoms with Gasteiger partial charge in [0.15, 0.2) is 5.78 Å². The topological polar surface area (TPSA) is 108 Å². The van der Waals surface area contributed by atoms with Gasteiger partial charge in [0, 0.05) is 36.7 Å². The normalized spacial score (nSPS) is 10.6. The summed E-state index contributed by atoms with van der Waals surface area (Å²) >= 11 is 0. The average molecular weight is 490 g/mol. The molecule has 0 heterocycles. The van der Waals surface area contributed by atoms with Crippen LogP contribution in [0.1, 0.15) is 57.5 Å². The molecule has 3 aromatic rings. The predicted molar refractivity (Wildman–Crippen MR) is 145 cm³/mol. The number of rotatable bonds is 12. The molecule has 0 unspecified atom stereocenters. The Hall–Kier alpha value is -4.00. The van der Waals surface area contributed by atoms with Crippen molar-refractivity contribution in [2.24, 2.45) is 0 Å². The molecule has 0 spiro atoms. The molecule has 0 saturated heterocycles. The highest BCUT2D eigenvalue weighted by Crippen LogP contribution is 2.25. The molecule has 0 aromatic heterocycles. The molecule has 0 atom stereocenters. The number of unbranched alkanes of at least 4 members (excludes halogenated alkanes) is 3. The van der Waals surface area contributed by atoms with Gasteiger partial charge < -0.3 is 25.8 Å². The van der Waals surface area contributed by atoms with Crippen molar-refractivity contribution in [2.45, 2.75) is 32.6 Å². The third-order valence-electron chi connectivity index (χ3n) is 5.77. The number of carbonyl (C=O) groups is 2. The van der Waals surface area contributed by atoms with Crippen LogP contribution in [0, 0.1) is 6.92 Å². The molecular weight excluding hydrogens is 454 g/mol. The predicted octanol–water partition coefficient (Wildman–Crippen LogP) is 5.25. The molecule has 190 valence electrons. The van der Waals surface area contributed by atoms with Gasteiger partial charge in [-0.25, -0.2) is 4.79 Å². The van der Waals surface area contributed by atoms with Gasteiger partial charge in [-0.15, -0.1) is 0 Å². The number of ether oxygens (including phenoxy) is 2. The number of aryl methyl sites for hydroxylation is 1. The molecule has 7 heteroatoms. The Bertz CT molecular complexity index is 1170. The molecule has 0 aliphatic heterocycles. The van der Waals surface area contributed by atoms with E-state index >= 15 is 0 Å². The molecule has 0 aliphatic rings. The van der Waals surface area contributed by atoms with Gasteiger partial charge in [0.05, 0.1) is 24.3 Å². The summed E-state index contributed by atoms with van der Waals surface area (Å²) in [5.41, 5.74) is 15.9. The van der Waals surface area contributed by atoms with E-state index in [9.17, 15) is 9.59 Å². The van der Waals surface area contributed by atoms with Gasteiger partial charge in [0.2, 0.25) is 0 Å². The Labute approximate surface area is 213 Å². The van der Waals surface area contributed by atoms with Gasteiger partial charge in [0.25, 0.3) is 0 Å². The second kappa shape index (κ2) is 12.6. The minimum Gasteiger partial charge on any atom is -0.493 e. The summed E-state index contributed by atoms with van der Waals surface area (Å²) in [6.45, 7) is 2.80. The van der Waals surface area contributed by atoms with Crippen molar-refractivity contribution in [1.29, 1.82) is 0 Å². The highest BCUT2D eigenvalue weighted by molar-refractivity contribution is 6.11. The fourth-order valence-corrected chi connectivity index (χ4v) is 3.80. The van der Waals surface area contributed by atoms with Crippen molar-refractivity contribution in [1.82, 2.24) is 0 Å². The van der Waals surface area contributed by atoms with Crippen molar-refractivity contribution in [2.75, 3.05) is 43.7 Å². The van der Waals surface area contributed by atoms with Crippen LogP contribution in [0.4, 0.5) is 17.1 Å². The number of hydrogen-bond donors (Lipinski definition) is 2. The standard InChI is InChI=1S/C29H35N3O4/c1-20-8-13-27(26(16-20)28(33)21-9-11-25(12-10-21)32(2)3)35-14-6-4-5-7-15-36-29(34)22-17-23(30)19-24(31)18-22/h8-13,16-19H,4-7,14-15,30-31H2,1-3H3. The number of hydrogen-bond acceptors (Lipinski definition) is 7. The van der Waals surface area contributed by atoms with E-state index < -0.39 is 5.97 Å². The third kappa shape index (κ3) is 7.50. The van der Waals surface area contributed by atoms with E-state index in [1.165, 1.54) is 0 Å². The second-order valence-corrected chi connectivity index (χ2v) is 9.06. The Balaban J connectivity index is 1.43. The van der Waals surface area contributed by atoms with Gasteiger partial charge in [-0.2, -0.15) is 0 Å². The lowest BCUT2D eigenvalue weighted by molar-refractivity contribution is 0.0497. The Morgan fingerprint density at radius 3 is 2.06 bits per heavy atom. The van der Waals surface area contributed by atoms with Crippen molar-refractivity contribution < 1.29 is 19.1 Å². The number of nitrogens with zero attached hydrogens (tertiary/aromatic N) is 1. The summed E-state index contributed by atoms with van der Waals surface area (Å²) in [7, 11) is 3.93. The van der Waals surface area contributed by atoms with E-state index in [-0.39, 0.29) is 5.78 Å². The molecule has 3 aromatic carbocycles.